The molecule has 0 unspecified atom stereocenters. The zero-order valence-corrected chi connectivity index (χ0v) is 10.5. The minimum Gasteiger partial charge on any atom is -0.329 e. The van der Waals surface area contributed by atoms with E-state index >= 15 is 0 Å². The van der Waals surface area contributed by atoms with Crippen LogP contribution in [0.15, 0.2) is 6.20 Å². The van der Waals surface area contributed by atoms with Crippen LogP contribution in [0.25, 0.3) is 0 Å². The summed E-state index contributed by atoms with van der Waals surface area (Å²) in [5.41, 5.74) is 0.914. The van der Waals surface area contributed by atoms with Gasteiger partial charge in [0.1, 0.15) is 5.75 Å². The monoisotopic (exact) mass is 244 g/mol. The van der Waals surface area contributed by atoms with Crippen molar-refractivity contribution < 1.29 is 13.2 Å². The molecular formula is C10H16N2O3S. The number of sulfone groups is 1. The Balaban J connectivity index is 2.94. The van der Waals surface area contributed by atoms with Crippen molar-refractivity contribution in [1.29, 1.82) is 0 Å². The molecule has 0 atom stereocenters. The van der Waals surface area contributed by atoms with E-state index in [1.165, 1.54) is 6.92 Å². The molecular weight excluding hydrogens is 228 g/mol. The lowest BCUT2D eigenvalue weighted by molar-refractivity contribution is 0.100. The number of Topliss-reactive ketones (excluding diaryl/α,β-unsaturated/α-hetero) is 1. The van der Waals surface area contributed by atoms with Gasteiger partial charge in [0, 0.05) is 24.7 Å². The molecule has 0 fully saturated rings. The quantitative estimate of drug-likeness (QED) is 0.711. The van der Waals surface area contributed by atoms with Crippen molar-refractivity contribution in [2.75, 3.05) is 11.5 Å². The Morgan fingerprint density at radius 1 is 1.44 bits per heavy atom. The molecule has 0 spiro atoms. The van der Waals surface area contributed by atoms with E-state index in [4.69, 9.17) is 0 Å². The molecule has 5 nitrogen and oxygen atoms in total. The molecule has 0 N–H and O–H groups in total. The van der Waals surface area contributed by atoms with Gasteiger partial charge in [-0.25, -0.2) is 13.4 Å². The Kier molecular flexibility index (Phi) is 3.85. The third-order valence-corrected chi connectivity index (χ3v) is 4.07. The maximum atomic E-state index is 11.7. The first-order valence-corrected chi connectivity index (χ1v) is 6.97. The van der Waals surface area contributed by atoms with Gasteiger partial charge in [-0.1, -0.05) is 13.8 Å². The molecule has 1 heterocycles. The van der Waals surface area contributed by atoms with Crippen molar-refractivity contribution in [3.63, 3.8) is 0 Å². The number of imidazole rings is 1. The molecule has 6 heteroatoms. The Morgan fingerprint density at radius 2 is 2.06 bits per heavy atom. The average Bonchev–Trinajstić information content (AvgIpc) is 2.59. The van der Waals surface area contributed by atoms with Gasteiger partial charge in [0.25, 0.3) is 0 Å². The van der Waals surface area contributed by atoms with Crippen molar-refractivity contribution in [2.24, 2.45) is 7.05 Å². The van der Waals surface area contributed by atoms with Crippen molar-refractivity contribution in [3.8, 4) is 0 Å². The largest absolute Gasteiger partial charge is 0.329 e. The zero-order valence-electron chi connectivity index (χ0n) is 9.73. The van der Waals surface area contributed by atoms with E-state index in [-0.39, 0.29) is 11.6 Å². The minimum absolute atomic E-state index is 0.0240. The highest BCUT2D eigenvalue weighted by Gasteiger charge is 2.20. The van der Waals surface area contributed by atoms with Crippen LogP contribution in [-0.2, 0) is 23.3 Å². The normalized spacial score (nSPS) is 11.7. The van der Waals surface area contributed by atoms with Crippen LogP contribution in [0.3, 0.4) is 0 Å². The van der Waals surface area contributed by atoms with Crippen LogP contribution in [0.1, 0.15) is 30.2 Å². The lowest BCUT2D eigenvalue weighted by Gasteiger charge is -2.03. The van der Waals surface area contributed by atoms with Gasteiger partial charge in [0.05, 0.1) is 0 Å². The molecule has 0 radical (unpaired) electrons. The van der Waals surface area contributed by atoms with Crippen LogP contribution in [0.5, 0.6) is 0 Å². The maximum absolute atomic E-state index is 11.7. The molecule has 0 aromatic carbocycles. The summed E-state index contributed by atoms with van der Waals surface area (Å²) in [5, 5.41) is 0. The molecule has 1 rings (SSSR count). The van der Waals surface area contributed by atoms with E-state index in [1.807, 2.05) is 6.92 Å². The summed E-state index contributed by atoms with van der Waals surface area (Å²) in [6.45, 7) is 3.48. The molecule has 0 aliphatic rings. The molecule has 0 bridgehead atoms. The number of hydrogen-bond acceptors (Lipinski definition) is 4. The Morgan fingerprint density at radius 3 is 2.50 bits per heavy atom. The van der Waals surface area contributed by atoms with Crippen LogP contribution in [0, 0.1) is 0 Å². The number of nitrogens with zero attached hydrogens (tertiary/aromatic N) is 2. The van der Waals surface area contributed by atoms with Gasteiger partial charge in [0.15, 0.2) is 15.7 Å². The predicted molar refractivity (Wildman–Crippen MR) is 61.2 cm³/mol. The van der Waals surface area contributed by atoms with Crippen LogP contribution < -0.4 is 0 Å². The van der Waals surface area contributed by atoms with Crippen molar-refractivity contribution in [2.45, 2.75) is 20.3 Å². The van der Waals surface area contributed by atoms with Crippen molar-refractivity contribution in [3.05, 3.63) is 17.7 Å². The second-order valence-corrected chi connectivity index (χ2v) is 5.94. The predicted octanol–water partition coefficient (Wildman–Crippen LogP) is 0.600. The first kappa shape index (κ1) is 12.9. The standard InChI is InChI=1S/C10H16N2O3S/c1-4-8-6-11-10(12(8)3)9(13)7-16(14,15)5-2/h6H,4-5,7H2,1-3H3. The van der Waals surface area contributed by atoms with E-state index in [2.05, 4.69) is 4.98 Å². The Hall–Kier alpha value is -1.17. The van der Waals surface area contributed by atoms with Crippen LogP contribution in [0.2, 0.25) is 0 Å². The van der Waals surface area contributed by atoms with Gasteiger partial charge in [-0.15, -0.1) is 0 Å². The highest BCUT2D eigenvalue weighted by molar-refractivity contribution is 7.92. The smallest absolute Gasteiger partial charge is 0.213 e. The maximum Gasteiger partial charge on any atom is 0.213 e. The number of hydrogen-bond donors (Lipinski definition) is 0. The lowest BCUT2D eigenvalue weighted by Crippen LogP contribution is -2.21. The van der Waals surface area contributed by atoms with Crippen LogP contribution >= 0.6 is 0 Å². The van der Waals surface area contributed by atoms with E-state index in [0.29, 0.717) is 0 Å². The second-order valence-electron chi connectivity index (χ2n) is 3.59. The second kappa shape index (κ2) is 4.78. The molecule has 0 aliphatic carbocycles. The molecule has 1 aromatic heterocycles. The van der Waals surface area contributed by atoms with Gasteiger partial charge in [-0.3, -0.25) is 4.79 Å². The molecule has 0 saturated carbocycles. The van der Waals surface area contributed by atoms with E-state index in [0.717, 1.165) is 12.1 Å². The van der Waals surface area contributed by atoms with Gasteiger partial charge in [-0.2, -0.15) is 0 Å². The number of aromatic nitrogens is 2. The first-order valence-electron chi connectivity index (χ1n) is 5.15. The van der Waals surface area contributed by atoms with Crippen molar-refractivity contribution >= 4 is 15.6 Å². The Labute approximate surface area is 95.4 Å². The highest BCUT2D eigenvalue weighted by atomic mass is 32.2. The van der Waals surface area contributed by atoms with Gasteiger partial charge < -0.3 is 4.57 Å². The van der Waals surface area contributed by atoms with Crippen LogP contribution in [-0.4, -0.2) is 35.3 Å². The van der Waals surface area contributed by atoms with E-state index in [1.54, 1.807) is 17.8 Å². The third kappa shape index (κ3) is 2.69. The summed E-state index contributed by atoms with van der Waals surface area (Å²) in [7, 11) is -1.56. The third-order valence-electron chi connectivity index (χ3n) is 2.49. The van der Waals surface area contributed by atoms with Crippen molar-refractivity contribution in [1.82, 2.24) is 9.55 Å². The summed E-state index contributed by atoms with van der Waals surface area (Å²) >= 11 is 0. The molecule has 0 amide bonds. The Bertz CT molecular complexity index is 488. The van der Waals surface area contributed by atoms with E-state index < -0.39 is 21.4 Å². The molecule has 1 aromatic rings. The number of ketones is 1. The number of rotatable bonds is 5. The van der Waals surface area contributed by atoms with Gasteiger partial charge >= 0.3 is 0 Å². The fraction of sp³-hybridized carbons (Fsp3) is 0.600. The summed E-state index contributed by atoms with van der Waals surface area (Å²) in [6.07, 6.45) is 2.36. The number of carbonyl (C=O) groups is 1. The topological polar surface area (TPSA) is 69.0 Å². The SMILES string of the molecule is CCc1cnc(C(=O)CS(=O)(=O)CC)n1C. The summed E-state index contributed by atoms with van der Waals surface area (Å²) in [4.78, 5) is 15.7. The van der Waals surface area contributed by atoms with Gasteiger partial charge in [-0.05, 0) is 6.42 Å². The molecule has 90 valence electrons. The van der Waals surface area contributed by atoms with Crippen LogP contribution in [0.4, 0.5) is 0 Å². The first-order chi connectivity index (χ1) is 7.41. The average molecular weight is 244 g/mol. The highest BCUT2D eigenvalue weighted by Crippen LogP contribution is 2.06. The minimum atomic E-state index is -3.28. The summed E-state index contributed by atoms with van der Waals surface area (Å²) < 4.78 is 24.3. The summed E-state index contributed by atoms with van der Waals surface area (Å²) in [5.74, 6) is -0.709. The van der Waals surface area contributed by atoms with Gasteiger partial charge in [0.2, 0.25) is 5.78 Å². The fourth-order valence-corrected chi connectivity index (χ4v) is 2.13. The number of aryl methyl sites for hydroxylation is 1. The lowest BCUT2D eigenvalue weighted by atomic mass is 10.3. The zero-order chi connectivity index (χ0) is 12.3. The molecule has 0 saturated heterocycles. The molecule has 0 aliphatic heterocycles. The van der Waals surface area contributed by atoms with E-state index in [9.17, 15) is 13.2 Å². The number of carbonyl (C=O) groups excluding carboxylic acids is 1. The fourth-order valence-electron chi connectivity index (χ4n) is 1.40. The molecule has 16 heavy (non-hydrogen) atoms. The summed E-state index contributed by atoms with van der Waals surface area (Å²) in [6, 6.07) is 0.